The van der Waals surface area contributed by atoms with Crippen molar-refractivity contribution in [3.8, 4) is 0 Å². The maximum Gasteiger partial charge on any atom is 0.0676 e. The summed E-state index contributed by atoms with van der Waals surface area (Å²) in [5.74, 6) is 9.37. The SMILES string of the molecule is C=C1CN(S(=C)(=C)c2ccc(C)cc2)C(=C)C(Cc2ccc(C)cc2)CN1. The van der Waals surface area contributed by atoms with Crippen molar-refractivity contribution in [2.75, 3.05) is 13.1 Å². The Morgan fingerprint density at radius 2 is 1.52 bits per heavy atom. The molecule has 0 saturated carbocycles. The molecule has 1 saturated heterocycles. The van der Waals surface area contributed by atoms with E-state index < -0.39 is 9.39 Å². The van der Waals surface area contributed by atoms with Crippen molar-refractivity contribution in [1.82, 2.24) is 9.62 Å². The van der Waals surface area contributed by atoms with Crippen molar-refractivity contribution >= 4 is 21.1 Å². The molecule has 1 aliphatic heterocycles. The molecule has 1 atom stereocenters. The zero-order valence-corrected chi connectivity index (χ0v) is 17.3. The highest BCUT2D eigenvalue weighted by Crippen LogP contribution is 2.42. The van der Waals surface area contributed by atoms with Gasteiger partial charge in [0.1, 0.15) is 0 Å². The van der Waals surface area contributed by atoms with E-state index in [4.69, 9.17) is 0 Å². The third-order valence-electron chi connectivity index (χ3n) is 5.21. The van der Waals surface area contributed by atoms with E-state index in [1.807, 2.05) is 0 Å². The molecular weight excluding hydrogens is 348 g/mol. The van der Waals surface area contributed by atoms with Crippen LogP contribution < -0.4 is 5.32 Å². The maximum atomic E-state index is 4.54. The van der Waals surface area contributed by atoms with Gasteiger partial charge in [0.25, 0.3) is 0 Å². The summed E-state index contributed by atoms with van der Waals surface area (Å²) in [6.07, 6.45) is 0.944. The largest absolute Gasteiger partial charge is 0.387 e. The second-order valence-electron chi connectivity index (χ2n) is 7.55. The van der Waals surface area contributed by atoms with Crippen LogP contribution in [0, 0.1) is 19.8 Å². The predicted molar refractivity (Wildman–Crippen MR) is 123 cm³/mol. The van der Waals surface area contributed by atoms with Crippen LogP contribution in [0.15, 0.2) is 78.0 Å². The van der Waals surface area contributed by atoms with E-state index in [1.54, 1.807) is 0 Å². The molecule has 3 heteroatoms. The van der Waals surface area contributed by atoms with Crippen molar-refractivity contribution in [1.29, 1.82) is 0 Å². The summed E-state index contributed by atoms with van der Waals surface area (Å²) in [6.45, 7) is 14.4. The molecule has 1 aliphatic rings. The molecule has 0 spiro atoms. The second kappa shape index (κ2) is 7.69. The van der Waals surface area contributed by atoms with E-state index in [2.05, 4.69) is 96.9 Å². The molecule has 2 aromatic carbocycles. The van der Waals surface area contributed by atoms with E-state index in [0.717, 1.165) is 29.3 Å². The van der Waals surface area contributed by atoms with Crippen LogP contribution in [0.1, 0.15) is 16.7 Å². The molecular formula is C24H30N2S. The van der Waals surface area contributed by atoms with Crippen LogP contribution in [-0.4, -0.2) is 29.1 Å². The lowest BCUT2D eigenvalue weighted by Crippen LogP contribution is -2.25. The highest BCUT2D eigenvalue weighted by atomic mass is 32.2. The van der Waals surface area contributed by atoms with E-state index >= 15 is 0 Å². The molecule has 0 radical (unpaired) electrons. The minimum atomic E-state index is -1.68. The van der Waals surface area contributed by atoms with Crippen molar-refractivity contribution in [3.05, 3.63) is 89.8 Å². The van der Waals surface area contributed by atoms with E-state index in [9.17, 15) is 0 Å². The Kier molecular flexibility index (Phi) is 5.52. The fourth-order valence-electron chi connectivity index (χ4n) is 3.39. The van der Waals surface area contributed by atoms with Gasteiger partial charge in [-0.3, -0.25) is 0 Å². The quantitative estimate of drug-likeness (QED) is 0.750. The lowest BCUT2D eigenvalue weighted by Gasteiger charge is -2.36. The van der Waals surface area contributed by atoms with Crippen LogP contribution in [0.25, 0.3) is 0 Å². The monoisotopic (exact) mass is 378 g/mol. The van der Waals surface area contributed by atoms with Gasteiger partial charge >= 0.3 is 0 Å². The number of hydrogen-bond acceptors (Lipinski definition) is 2. The number of nitrogens with zero attached hydrogens (tertiary/aromatic N) is 1. The van der Waals surface area contributed by atoms with Crippen molar-refractivity contribution in [2.45, 2.75) is 25.2 Å². The zero-order valence-electron chi connectivity index (χ0n) is 16.5. The van der Waals surface area contributed by atoms with Gasteiger partial charge in [-0.1, -0.05) is 72.4 Å². The molecule has 2 aromatic rings. The van der Waals surface area contributed by atoms with Crippen LogP contribution in [0.2, 0.25) is 0 Å². The fourth-order valence-corrected chi connectivity index (χ4v) is 5.28. The maximum absolute atomic E-state index is 4.54. The van der Waals surface area contributed by atoms with Crippen molar-refractivity contribution in [3.63, 3.8) is 0 Å². The summed E-state index contributed by atoms with van der Waals surface area (Å²) in [4.78, 5) is 1.16. The normalized spacial score (nSPS) is 18.1. The molecule has 27 heavy (non-hydrogen) atoms. The molecule has 1 heterocycles. The molecule has 1 fully saturated rings. The number of hydrogen-bond donors (Lipinski definition) is 1. The first-order valence-electron chi connectivity index (χ1n) is 9.27. The lowest BCUT2D eigenvalue weighted by atomic mass is 9.96. The van der Waals surface area contributed by atoms with Crippen LogP contribution >= 0.6 is 9.39 Å². The first-order chi connectivity index (χ1) is 12.8. The molecule has 1 N–H and O–H groups in total. The average Bonchev–Trinajstić information content (AvgIpc) is 2.77. The summed E-state index contributed by atoms with van der Waals surface area (Å²) in [6, 6.07) is 17.3. The minimum absolute atomic E-state index is 0.285. The van der Waals surface area contributed by atoms with Crippen LogP contribution in [-0.2, 0) is 6.42 Å². The Balaban J connectivity index is 1.91. The third-order valence-corrected chi connectivity index (χ3v) is 7.57. The van der Waals surface area contributed by atoms with Gasteiger partial charge in [0.05, 0.1) is 6.54 Å². The van der Waals surface area contributed by atoms with Gasteiger partial charge in [0.15, 0.2) is 0 Å². The minimum Gasteiger partial charge on any atom is -0.387 e. The number of aryl methyl sites for hydroxylation is 2. The van der Waals surface area contributed by atoms with Crippen molar-refractivity contribution < 1.29 is 0 Å². The van der Waals surface area contributed by atoms with E-state index in [1.165, 1.54) is 16.7 Å². The van der Waals surface area contributed by atoms with Gasteiger partial charge < -0.3 is 9.62 Å². The molecule has 0 amide bonds. The smallest absolute Gasteiger partial charge is 0.0676 e. The Hall–Kier alpha value is -2.39. The molecule has 0 bridgehead atoms. The van der Waals surface area contributed by atoms with Crippen LogP contribution in [0.3, 0.4) is 0 Å². The van der Waals surface area contributed by atoms with Crippen molar-refractivity contribution in [2.24, 2.45) is 5.92 Å². The molecule has 1 unspecified atom stereocenters. The third kappa shape index (κ3) is 4.30. The van der Waals surface area contributed by atoms with Gasteiger partial charge in [-0.05, 0) is 38.0 Å². The van der Waals surface area contributed by atoms with Gasteiger partial charge in [-0.25, -0.2) is 0 Å². The number of benzene rings is 2. The Labute approximate surface area is 164 Å². The Bertz CT molecular complexity index is 935. The summed E-state index contributed by atoms with van der Waals surface area (Å²) < 4.78 is 2.29. The predicted octanol–water partition coefficient (Wildman–Crippen LogP) is 5.04. The molecule has 3 rings (SSSR count). The summed E-state index contributed by atoms with van der Waals surface area (Å²) >= 11 is 0. The Morgan fingerprint density at radius 1 is 0.963 bits per heavy atom. The fraction of sp³-hybridized carbons (Fsp3) is 0.250. The van der Waals surface area contributed by atoms with Crippen LogP contribution in [0.4, 0.5) is 0 Å². The van der Waals surface area contributed by atoms with Crippen LogP contribution in [0.5, 0.6) is 0 Å². The summed E-state index contributed by atoms with van der Waals surface area (Å²) in [5.41, 5.74) is 5.95. The standard InChI is InChI=1S/C24H30N2S/c1-18-7-11-22(12-8-18)15-23-16-25-20(3)17-26(21(23)4)27(5,6)24-13-9-19(2)10-14-24/h7-14,23,25H,3-6,15-17H2,1-2H3. The van der Waals surface area contributed by atoms with E-state index in [-0.39, 0.29) is 5.92 Å². The number of nitrogens with one attached hydrogen (secondary N) is 1. The van der Waals surface area contributed by atoms with Gasteiger partial charge in [-0.15, -0.1) is 9.39 Å². The summed E-state index contributed by atoms with van der Waals surface area (Å²) in [7, 11) is -1.68. The summed E-state index contributed by atoms with van der Waals surface area (Å²) in [5, 5.41) is 3.48. The first kappa shape index (κ1) is 19.4. The highest BCUT2D eigenvalue weighted by Gasteiger charge is 2.26. The molecule has 0 aliphatic carbocycles. The van der Waals surface area contributed by atoms with E-state index in [0.29, 0.717) is 6.54 Å². The average molecular weight is 379 g/mol. The van der Waals surface area contributed by atoms with Gasteiger partial charge in [0, 0.05) is 28.8 Å². The molecule has 142 valence electrons. The number of rotatable bonds is 4. The van der Waals surface area contributed by atoms with Gasteiger partial charge in [-0.2, -0.15) is 0 Å². The Morgan fingerprint density at radius 3 is 2.11 bits per heavy atom. The topological polar surface area (TPSA) is 15.3 Å². The lowest BCUT2D eigenvalue weighted by molar-refractivity contribution is 0.508. The highest BCUT2D eigenvalue weighted by molar-refractivity contribution is 8.26. The second-order valence-corrected chi connectivity index (χ2v) is 10.2. The first-order valence-corrected chi connectivity index (χ1v) is 11.2. The molecule has 2 nitrogen and oxygen atoms in total. The van der Waals surface area contributed by atoms with Gasteiger partial charge in [0.2, 0.25) is 0 Å². The zero-order chi connectivity index (χ0) is 19.6. The molecule has 0 aromatic heterocycles.